The molecule has 0 aromatic carbocycles. The second-order valence-corrected chi connectivity index (χ2v) is 8.56. The fourth-order valence-corrected chi connectivity index (χ4v) is 4.42. The summed E-state index contributed by atoms with van der Waals surface area (Å²) in [5, 5.41) is 11.6. The van der Waals surface area contributed by atoms with Gasteiger partial charge in [0.1, 0.15) is 5.60 Å². The summed E-state index contributed by atoms with van der Waals surface area (Å²) in [5.74, 6) is 0.899. The van der Waals surface area contributed by atoms with Crippen LogP contribution in [0.25, 0.3) is 0 Å². The first-order valence-electron chi connectivity index (χ1n) is 8.67. The van der Waals surface area contributed by atoms with Gasteiger partial charge >= 0.3 is 12.1 Å². The first kappa shape index (κ1) is 19.7. The smallest absolute Gasteiger partial charge is 0.407 e. The van der Waals surface area contributed by atoms with Crippen LogP contribution in [0, 0.1) is 0 Å². The van der Waals surface area contributed by atoms with Crippen molar-refractivity contribution in [3.63, 3.8) is 0 Å². The zero-order chi connectivity index (χ0) is 18.4. The number of hydrogen-bond donors (Lipinski definition) is 4. The quantitative estimate of drug-likeness (QED) is 0.393. The van der Waals surface area contributed by atoms with E-state index in [9.17, 15) is 14.4 Å². The molecule has 4 N–H and O–H groups in total. The number of rotatable bonds is 7. The molecular formula is C16H28N4O4S. The monoisotopic (exact) mass is 372 g/mol. The molecule has 2 saturated heterocycles. The molecule has 0 unspecified atom stereocenters. The minimum absolute atomic E-state index is 0.0286. The third-order valence-electron chi connectivity index (χ3n) is 3.95. The highest BCUT2D eigenvalue weighted by molar-refractivity contribution is 8.00. The van der Waals surface area contributed by atoms with E-state index in [1.165, 1.54) is 0 Å². The molecule has 0 spiro atoms. The number of carbonyl (C=O) groups is 3. The number of fused-ring (bicyclic) bond motifs is 1. The summed E-state index contributed by atoms with van der Waals surface area (Å²) < 4.78 is 5.11. The molecule has 2 aliphatic heterocycles. The zero-order valence-corrected chi connectivity index (χ0v) is 15.8. The molecule has 0 bridgehead atoms. The van der Waals surface area contributed by atoms with E-state index in [1.54, 1.807) is 20.8 Å². The second kappa shape index (κ2) is 8.64. The van der Waals surface area contributed by atoms with Crippen molar-refractivity contribution in [1.82, 2.24) is 21.3 Å². The van der Waals surface area contributed by atoms with Crippen molar-refractivity contribution in [2.45, 2.75) is 63.0 Å². The Morgan fingerprint density at radius 3 is 2.68 bits per heavy atom. The fraction of sp³-hybridized carbons (Fsp3) is 0.812. The summed E-state index contributed by atoms with van der Waals surface area (Å²) in [6.07, 6.45) is 1.64. The summed E-state index contributed by atoms with van der Waals surface area (Å²) in [7, 11) is 0. The van der Waals surface area contributed by atoms with Crippen molar-refractivity contribution in [1.29, 1.82) is 0 Å². The van der Waals surface area contributed by atoms with Crippen LogP contribution < -0.4 is 21.3 Å². The number of nitrogens with one attached hydrogen (secondary N) is 4. The predicted octanol–water partition coefficient (Wildman–Crippen LogP) is 0.963. The second-order valence-electron chi connectivity index (χ2n) is 7.29. The van der Waals surface area contributed by atoms with Crippen LogP contribution in [0.2, 0.25) is 0 Å². The Balaban J connectivity index is 1.52. The van der Waals surface area contributed by atoms with Crippen molar-refractivity contribution >= 4 is 29.8 Å². The molecule has 0 saturated carbocycles. The molecule has 0 aromatic rings. The summed E-state index contributed by atoms with van der Waals surface area (Å²) in [6.45, 7) is 6.10. The maximum absolute atomic E-state index is 11.8. The van der Waals surface area contributed by atoms with E-state index < -0.39 is 11.7 Å². The van der Waals surface area contributed by atoms with Crippen LogP contribution in [0.5, 0.6) is 0 Å². The van der Waals surface area contributed by atoms with Gasteiger partial charge in [0.2, 0.25) is 5.91 Å². The van der Waals surface area contributed by atoms with E-state index in [0.717, 1.165) is 18.6 Å². The predicted molar refractivity (Wildman–Crippen MR) is 96.6 cm³/mol. The van der Waals surface area contributed by atoms with Crippen LogP contribution in [0.1, 0.15) is 40.0 Å². The average molecular weight is 372 g/mol. The van der Waals surface area contributed by atoms with E-state index in [1.807, 2.05) is 11.8 Å². The Hall–Kier alpha value is -1.64. The van der Waals surface area contributed by atoms with Gasteiger partial charge in [-0.2, -0.15) is 11.8 Å². The molecule has 2 fully saturated rings. The summed E-state index contributed by atoms with van der Waals surface area (Å²) in [6, 6.07) is 0.310. The van der Waals surface area contributed by atoms with Gasteiger partial charge in [0.25, 0.3) is 0 Å². The van der Waals surface area contributed by atoms with Crippen LogP contribution in [0.15, 0.2) is 0 Å². The molecule has 9 heteroatoms. The SMILES string of the molecule is CC(C)(C)OC(=O)NCCNC(=O)CCC[C@@H]1SC[C@H]2NC(=O)N[C@H]12. The molecule has 0 radical (unpaired) electrons. The topological polar surface area (TPSA) is 109 Å². The van der Waals surface area contributed by atoms with Crippen molar-refractivity contribution in [3.8, 4) is 0 Å². The van der Waals surface area contributed by atoms with Crippen LogP contribution in [0.3, 0.4) is 0 Å². The van der Waals surface area contributed by atoms with Gasteiger partial charge in [0.05, 0.1) is 12.1 Å². The molecule has 3 atom stereocenters. The molecule has 2 heterocycles. The molecule has 0 aliphatic carbocycles. The summed E-state index contributed by atoms with van der Waals surface area (Å²) >= 11 is 1.85. The largest absolute Gasteiger partial charge is 0.444 e. The highest BCUT2D eigenvalue weighted by Crippen LogP contribution is 2.32. The zero-order valence-electron chi connectivity index (χ0n) is 15.0. The van der Waals surface area contributed by atoms with E-state index in [4.69, 9.17) is 4.74 Å². The Kier molecular flexibility index (Phi) is 6.80. The van der Waals surface area contributed by atoms with Crippen molar-refractivity contribution < 1.29 is 19.1 Å². The molecule has 2 aliphatic rings. The van der Waals surface area contributed by atoms with Crippen LogP contribution in [-0.4, -0.2) is 59.8 Å². The summed E-state index contributed by atoms with van der Waals surface area (Å²) in [4.78, 5) is 34.6. The van der Waals surface area contributed by atoms with Gasteiger partial charge in [-0.3, -0.25) is 4.79 Å². The van der Waals surface area contributed by atoms with Gasteiger partial charge < -0.3 is 26.0 Å². The highest BCUT2D eigenvalue weighted by Gasteiger charge is 2.42. The number of ether oxygens (including phenoxy) is 1. The van der Waals surface area contributed by atoms with Gasteiger partial charge in [-0.25, -0.2) is 9.59 Å². The van der Waals surface area contributed by atoms with Gasteiger partial charge in [-0.05, 0) is 33.6 Å². The van der Waals surface area contributed by atoms with Crippen molar-refractivity contribution in [2.24, 2.45) is 0 Å². The van der Waals surface area contributed by atoms with Crippen LogP contribution in [-0.2, 0) is 9.53 Å². The van der Waals surface area contributed by atoms with Gasteiger partial charge in [0.15, 0.2) is 0 Å². The van der Waals surface area contributed by atoms with Crippen LogP contribution >= 0.6 is 11.8 Å². The van der Waals surface area contributed by atoms with Gasteiger partial charge in [0, 0.05) is 30.5 Å². The third kappa shape index (κ3) is 6.64. The maximum Gasteiger partial charge on any atom is 0.407 e. The lowest BCUT2D eigenvalue weighted by atomic mass is 10.0. The lowest BCUT2D eigenvalue weighted by molar-refractivity contribution is -0.121. The standard InChI is InChI=1S/C16H28N4O4S/c1-16(2,3)24-15(23)18-8-7-17-12(21)6-4-5-11-13-10(9-25-11)19-14(22)20-13/h10-11,13H,4-9H2,1-3H3,(H,17,21)(H,18,23)(H2,19,20,22)/t10-,11+,13+/m1/s1. The first-order valence-corrected chi connectivity index (χ1v) is 9.71. The normalized spacial score (nSPS) is 24.9. The minimum atomic E-state index is -0.529. The molecule has 25 heavy (non-hydrogen) atoms. The van der Waals surface area contributed by atoms with E-state index in [2.05, 4.69) is 21.3 Å². The number of urea groups is 1. The van der Waals surface area contributed by atoms with E-state index in [-0.39, 0.29) is 24.0 Å². The Morgan fingerprint density at radius 2 is 1.96 bits per heavy atom. The molecule has 0 aromatic heterocycles. The third-order valence-corrected chi connectivity index (χ3v) is 5.45. The lowest BCUT2D eigenvalue weighted by Gasteiger charge is -2.19. The Bertz CT molecular complexity index is 509. The maximum atomic E-state index is 11.8. The number of thioether (sulfide) groups is 1. The van der Waals surface area contributed by atoms with Gasteiger partial charge in [-0.1, -0.05) is 0 Å². The molecule has 142 valence electrons. The highest BCUT2D eigenvalue weighted by atomic mass is 32.2. The van der Waals surface area contributed by atoms with E-state index in [0.29, 0.717) is 24.8 Å². The van der Waals surface area contributed by atoms with Crippen molar-refractivity contribution in [2.75, 3.05) is 18.8 Å². The molecule has 2 rings (SSSR count). The Labute approximate surface area is 152 Å². The number of carbonyl (C=O) groups excluding carboxylic acids is 3. The van der Waals surface area contributed by atoms with Crippen LogP contribution in [0.4, 0.5) is 9.59 Å². The van der Waals surface area contributed by atoms with E-state index >= 15 is 0 Å². The fourth-order valence-electron chi connectivity index (χ4n) is 2.88. The molecule has 8 nitrogen and oxygen atoms in total. The molecular weight excluding hydrogens is 344 g/mol. The minimum Gasteiger partial charge on any atom is -0.444 e. The van der Waals surface area contributed by atoms with Gasteiger partial charge in [-0.15, -0.1) is 0 Å². The number of hydrogen-bond acceptors (Lipinski definition) is 5. The summed E-state index contributed by atoms with van der Waals surface area (Å²) in [5.41, 5.74) is -0.529. The molecule has 4 amide bonds. The number of amides is 4. The number of alkyl carbamates (subject to hydrolysis) is 1. The first-order chi connectivity index (χ1) is 11.7. The average Bonchev–Trinajstić information content (AvgIpc) is 3.02. The lowest BCUT2D eigenvalue weighted by Crippen LogP contribution is -2.38. The van der Waals surface area contributed by atoms with Crippen molar-refractivity contribution in [3.05, 3.63) is 0 Å². The Morgan fingerprint density at radius 1 is 1.24 bits per heavy atom.